The number of carbonyl (C=O) groups is 1. The second-order valence-corrected chi connectivity index (χ2v) is 7.06. The van der Waals surface area contributed by atoms with Crippen LogP contribution in [0.25, 0.3) is 0 Å². The molecule has 0 bridgehead atoms. The lowest BCUT2D eigenvalue weighted by molar-refractivity contribution is -0.138. The van der Waals surface area contributed by atoms with Crippen molar-refractivity contribution in [2.45, 2.75) is 65.8 Å². The highest BCUT2D eigenvalue weighted by Gasteiger charge is 2.24. The lowest BCUT2D eigenvalue weighted by Gasteiger charge is -2.33. The average Bonchev–Trinajstić information content (AvgIpc) is 2.37. The van der Waals surface area contributed by atoms with Crippen molar-refractivity contribution >= 4 is 5.91 Å². The van der Waals surface area contributed by atoms with Gasteiger partial charge in [0, 0.05) is 25.0 Å². The molecule has 0 N–H and O–H groups in total. The molecular weight excluding hydrogens is 236 g/mol. The van der Waals surface area contributed by atoms with Gasteiger partial charge in [-0.15, -0.1) is 0 Å². The first-order chi connectivity index (χ1) is 8.82. The number of rotatable bonds is 5. The second kappa shape index (κ2) is 7.28. The molecule has 1 aliphatic rings. The molecule has 1 unspecified atom stereocenters. The first-order valence-corrected chi connectivity index (χ1v) is 7.82. The van der Waals surface area contributed by atoms with Crippen LogP contribution in [-0.2, 0) is 4.79 Å². The zero-order valence-electron chi connectivity index (χ0n) is 13.5. The highest BCUT2D eigenvalue weighted by molar-refractivity contribution is 5.81. The minimum Gasteiger partial charge on any atom is -0.345 e. The fourth-order valence-corrected chi connectivity index (χ4v) is 2.84. The molecule has 3 heteroatoms. The Balaban J connectivity index is 2.24. The minimum atomic E-state index is -0.257. The monoisotopic (exact) mass is 268 g/mol. The first-order valence-electron chi connectivity index (χ1n) is 7.82. The smallest absolute Gasteiger partial charge is 0.227 e. The Kier molecular flexibility index (Phi) is 6.31. The molecule has 1 fully saturated rings. The lowest BCUT2D eigenvalue weighted by atomic mass is 9.95. The lowest BCUT2D eigenvalue weighted by Crippen LogP contribution is -2.39. The van der Waals surface area contributed by atoms with Crippen molar-refractivity contribution in [3.8, 4) is 0 Å². The van der Waals surface area contributed by atoms with Gasteiger partial charge in [0.05, 0.1) is 0 Å². The van der Waals surface area contributed by atoms with Crippen molar-refractivity contribution in [2.75, 3.05) is 26.7 Å². The van der Waals surface area contributed by atoms with E-state index in [1.165, 1.54) is 38.8 Å². The van der Waals surface area contributed by atoms with E-state index >= 15 is 0 Å². The van der Waals surface area contributed by atoms with Gasteiger partial charge in [-0.3, -0.25) is 4.79 Å². The van der Waals surface area contributed by atoms with E-state index in [2.05, 4.69) is 11.8 Å². The second-order valence-electron chi connectivity index (χ2n) is 7.06. The summed E-state index contributed by atoms with van der Waals surface area (Å²) in [7, 11) is 1.93. The van der Waals surface area contributed by atoms with Crippen LogP contribution in [0.15, 0.2) is 0 Å². The third-order valence-corrected chi connectivity index (χ3v) is 4.12. The van der Waals surface area contributed by atoms with Gasteiger partial charge in [-0.1, -0.05) is 27.2 Å². The zero-order chi connectivity index (χ0) is 14.5. The van der Waals surface area contributed by atoms with Crippen molar-refractivity contribution < 1.29 is 4.79 Å². The average molecular weight is 268 g/mol. The number of hydrogen-bond donors (Lipinski definition) is 0. The van der Waals surface area contributed by atoms with Gasteiger partial charge in [0.15, 0.2) is 0 Å². The first kappa shape index (κ1) is 16.5. The summed E-state index contributed by atoms with van der Waals surface area (Å²) in [6.45, 7) is 11.7. The molecule has 1 aliphatic heterocycles. The molecule has 0 radical (unpaired) electrons. The summed E-state index contributed by atoms with van der Waals surface area (Å²) >= 11 is 0. The van der Waals surface area contributed by atoms with E-state index in [4.69, 9.17) is 0 Å². The number of likely N-dealkylation sites (tertiary alicyclic amines) is 1. The number of hydrogen-bond acceptors (Lipinski definition) is 2. The van der Waals surface area contributed by atoms with Crippen LogP contribution < -0.4 is 0 Å². The Morgan fingerprint density at radius 1 is 1.21 bits per heavy atom. The summed E-state index contributed by atoms with van der Waals surface area (Å²) < 4.78 is 0. The van der Waals surface area contributed by atoms with Gasteiger partial charge in [-0.05, 0) is 45.7 Å². The van der Waals surface area contributed by atoms with E-state index in [-0.39, 0.29) is 11.3 Å². The summed E-state index contributed by atoms with van der Waals surface area (Å²) in [6.07, 6.45) is 6.41. The van der Waals surface area contributed by atoms with Crippen molar-refractivity contribution in [3.63, 3.8) is 0 Å². The molecule has 0 spiro atoms. The van der Waals surface area contributed by atoms with Gasteiger partial charge in [0.2, 0.25) is 5.91 Å². The van der Waals surface area contributed by atoms with Crippen LogP contribution in [0.3, 0.4) is 0 Å². The van der Waals surface area contributed by atoms with Crippen LogP contribution in [0.5, 0.6) is 0 Å². The quantitative estimate of drug-likeness (QED) is 0.765. The minimum absolute atomic E-state index is 0.248. The maximum Gasteiger partial charge on any atom is 0.227 e. The van der Waals surface area contributed by atoms with Crippen LogP contribution in [0.4, 0.5) is 0 Å². The van der Waals surface area contributed by atoms with Gasteiger partial charge < -0.3 is 9.80 Å². The molecule has 1 amide bonds. The van der Waals surface area contributed by atoms with Crippen LogP contribution in [0.2, 0.25) is 0 Å². The summed E-state index contributed by atoms with van der Waals surface area (Å²) in [5.74, 6) is 0.248. The van der Waals surface area contributed by atoms with E-state index in [1.807, 2.05) is 32.7 Å². The predicted molar refractivity (Wildman–Crippen MR) is 81.2 cm³/mol. The molecule has 19 heavy (non-hydrogen) atoms. The number of carbonyl (C=O) groups excluding carboxylic acids is 1. The van der Waals surface area contributed by atoms with Gasteiger partial charge in [-0.2, -0.15) is 0 Å². The van der Waals surface area contributed by atoms with E-state index in [9.17, 15) is 4.79 Å². The summed E-state index contributed by atoms with van der Waals surface area (Å²) in [4.78, 5) is 16.6. The molecule has 0 saturated carbocycles. The van der Waals surface area contributed by atoms with Crippen LogP contribution in [0, 0.1) is 5.41 Å². The van der Waals surface area contributed by atoms with E-state index in [0.717, 1.165) is 13.0 Å². The van der Waals surface area contributed by atoms with Gasteiger partial charge >= 0.3 is 0 Å². The fourth-order valence-electron chi connectivity index (χ4n) is 2.84. The molecule has 0 aromatic rings. The number of piperidine rings is 1. The summed E-state index contributed by atoms with van der Waals surface area (Å²) in [5.41, 5.74) is -0.257. The SMILES string of the molecule is CC(CCCN(C)C(=O)C(C)(C)C)N1CCCCC1. The molecular formula is C16H32N2O. The Morgan fingerprint density at radius 2 is 1.79 bits per heavy atom. The highest BCUT2D eigenvalue weighted by atomic mass is 16.2. The topological polar surface area (TPSA) is 23.6 Å². The Morgan fingerprint density at radius 3 is 2.32 bits per heavy atom. The standard InChI is InChI=1S/C16H32N2O/c1-14(18-12-7-6-8-13-18)10-9-11-17(5)15(19)16(2,3)4/h14H,6-13H2,1-5H3. The van der Waals surface area contributed by atoms with E-state index in [0.29, 0.717) is 6.04 Å². The van der Waals surface area contributed by atoms with Crippen molar-refractivity contribution in [2.24, 2.45) is 5.41 Å². The molecule has 0 aromatic heterocycles. The van der Waals surface area contributed by atoms with Gasteiger partial charge in [0.1, 0.15) is 0 Å². The number of nitrogens with zero attached hydrogens (tertiary/aromatic N) is 2. The van der Waals surface area contributed by atoms with Gasteiger partial charge in [-0.25, -0.2) is 0 Å². The largest absolute Gasteiger partial charge is 0.345 e. The maximum absolute atomic E-state index is 12.1. The predicted octanol–water partition coefficient (Wildman–Crippen LogP) is 3.15. The Labute approximate surface area is 119 Å². The maximum atomic E-state index is 12.1. The molecule has 0 aromatic carbocycles. The molecule has 3 nitrogen and oxygen atoms in total. The van der Waals surface area contributed by atoms with Crippen LogP contribution in [-0.4, -0.2) is 48.4 Å². The van der Waals surface area contributed by atoms with Crippen molar-refractivity contribution in [1.29, 1.82) is 0 Å². The number of amides is 1. The van der Waals surface area contributed by atoms with Crippen molar-refractivity contribution in [1.82, 2.24) is 9.80 Å². The molecule has 1 atom stereocenters. The van der Waals surface area contributed by atoms with E-state index < -0.39 is 0 Å². The summed E-state index contributed by atoms with van der Waals surface area (Å²) in [5, 5.41) is 0. The van der Waals surface area contributed by atoms with Crippen LogP contribution in [0.1, 0.15) is 59.8 Å². The third-order valence-electron chi connectivity index (χ3n) is 4.12. The molecule has 1 heterocycles. The normalized spacial score (nSPS) is 19.2. The van der Waals surface area contributed by atoms with E-state index in [1.54, 1.807) is 0 Å². The highest BCUT2D eigenvalue weighted by Crippen LogP contribution is 2.18. The Hall–Kier alpha value is -0.570. The fraction of sp³-hybridized carbons (Fsp3) is 0.938. The van der Waals surface area contributed by atoms with Crippen molar-refractivity contribution in [3.05, 3.63) is 0 Å². The zero-order valence-corrected chi connectivity index (χ0v) is 13.5. The summed E-state index contributed by atoms with van der Waals surface area (Å²) in [6, 6.07) is 0.665. The van der Waals surface area contributed by atoms with Gasteiger partial charge in [0.25, 0.3) is 0 Å². The molecule has 1 rings (SSSR count). The third kappa shape index (κ3) is 5.52. The molecule has 0 aliphatic carbocycles. The molecule has 112 valence electrons. The Bertz CT molecular complexity index is 277. The molecule has 1 saturated heterocycles. The van der Waals surface area contributed by atoms with Crippen LogP contribution >= 0.6 is 0 Å².